The van der Waals surface area contributed by atoms with Crippen molar-refractivity contribution in [2.75, 3.05) is 11.9 Å². The van der Waals surface area contributed by atoms with Crippen LogP contribution in [0.25, 0.3) is 0 Å². The van der Waals surface area contributed by atoms with E-state index in [1.54, 1.807) is 24.3 Å². The van der Waals surface area contributed by atoms with E-state index in [1.165, 1.54) is 18.2 Å². The summed E-state index contributed by atoms with van der Waals surface area (Å²) in [6, 6.07) is 18.7. The molecule has 0 aliphatic rings. The van der Waals surface area contributed by atoms with Crippen LogP contribution >= 0.6 is 23.2 Å². The number of anilines is 1. The number of hydrogen-bond donors (Lipinski definition) is 2. The molecule has 0 aliphatic carbocycles. The van der Waals surface area contributed by atoms with Crippen LogP contribution in [0.1, 0.15) is 12.5 Å². The molecule has 3 aromatic carbocycles. The van der Waals surface area contributed by atoms with Crippen molar-refractivity contribution in [3.8, 4) is 5.75 Å². The van der Waals surface area contributed by atoms with Gasteiger partial charge < -0.3 is 10.1 Å². The molecule has 9 heteroatoms. The van der Waals surface area contributed by atoms with Gasteiger partial charge in [0.2, 0.25) is 15.9 Å². The molecule has 3 rings (SSSR count). The van der Waals surface area contributed by atoms with Gasteiger partial charge in [-0.05, 0) is 61.4 Å². The van der Waals surface area contributed by atoms with Crippen molar-refractivity contribution in [2.24, 2.45) is 0 Å². The van der Waals surface area contributed by atoms with Crippen LogP contribution in [0.15, 0.2) is 77.7 Å². The van der Waals surface area contributed by atoms with Crippen LogP contribution < -0.4 is 14.8 Å². The Morgan fingerprint density at radius 1 is 1.00 bits per heavy atom. The summed E-state index contributed by atoms with van der Waals surface area (Å²) in [5.41, 5.74) is 1.13. The highest BCUT2D eigenvalue weighted by atomic mass is 35.5. The highest BCUT2D eigenvalue weighted by Crippen LogP contribution is 2.26. The predicted octanol–water partition coefficient (Wildman–Crippen LogP) is 4.92. The van der Waals surface area contributed by atoms with Crippen molar-refractivity contribution in [1.82, 2.24) is 4.72 Å². The van der Waals surface area contributed by atoms with E-state index in [4.69, 9.17) is 27.9 Å². The first kappa shape index (κ1) is 24.1. The molecule has 0 saturated carbocycles. The lowest BCUT2D eigenvalue weighted by Gasteiger charge is -2.19. The van der Waals surface area contributed by atoms with Gasteiger partial charge >= 0.3 is 0 Å². The molecule has 6 nitrogen and oxygen atoms in total. The Bertz CT molecular complexity index is 1170. The topological polar surface area (TPSA) is 84.5 Å². The molecule has 1 amide bonds. The first-order valence-corrected chi connectivity index (χ1v) is 12.1. The second-order valence-corrected chi connectivity index (χ2v) is 9.44. The van der Waals surface area contributed by atoms with Crippen molar-refractivity contribution < 1.29 is 17.9 Å². The van der Waals surface area contributed by atoms with Gasteiger partial charge in [-0.3, -0.25) is 4.79 Å². The van der Waals surface area contributed by atoms with E-state index >= 15 is 0 Å². The van der Waals surface area contributed by atoms with Crippen LogP contribution in [-0.2, 0) is 21.2 Å². The number of carbonyl (C=O) groups excluding carboxylic acids is 1. The molecule has 0 bridgehead atoms. The number of nitrogens with one attached hydrogen (secondary N) is 2. The summed E-state index contributed by atoms with van der Waals surface area (Å²) in [7, 11) is -3.99. The maximum absolute atomic E-state index is 13.1. The number of sulfonamides is 1. The molecule has 0 saturated heterocycles. The van der Waals surface area contributed by atoms with Crippen molar-refractivity contribution in [3.05, 3.63) is 88.4 Å². The number of rotatable bonds is 9. The summed E-state index contributed by atoms with van der Waals surface area (Å²) in [5.74, 6) is 0.00926. The van der Waals surface area contributed by atoms with Gasteiger partial charge in [-0.1, -0.05) is 53.5 Å². The molecule has 32 heavy (non-hydrogen) atoms. The third kappa shape index (κ3) is 6.46. The molecular formula is C23H22Cl2N2O4S. The number of ether oxygens (including phenoxy) is 1. The Morgan fingerprint density at radius 3 is 2.31 bits per heavy atom. The van der Waals surface area contributed by atoms with Crippen LogP contribution in [0, 0.1) is 0 Å². The van der Waals surface area contributed by atoms with E-state index in [0.29, 0.717) is 23.1 Å². The third-order valence-electron chi connectivity index (χ3n) is 4.53. The first-order chi connectivity index (χ1) is 15.3. The smallest absolute Gasteiger partial charge is 0.242 e. The Balaban J connectivity index is 1.85. The molecule has 3 aromatic rings. The van der Waals surface area contributed by atoms with Crippen LogP contribution in [-0.4, -0.2) is 27.0 Å². The molecule has 0 fully saturated rings. The summed E-state index contributed by atoms with van der Waals surface area (Å²) in [6.07, 6.45) is 0.147. The number of amides is 1. The monoisotopic (exact) mass is 492 g/mol. The minimum atomic E-state index is -3.99. The lowest BCUT2D eigenvalue weighted by molar-refractivity contribution is -0.117. The van der Waals surface area contributed by atoms with E-state index in [0.717, 1.165) is 5.56 Å². The van der Waals surface area contributed by atoms with E-state index in [-0.39, 0.29) is 16.3 Å². The lowest BCUT2D eigenvalue weighted by Crippen LogP contribution is -2.45. The first-order valence-electron chi connectivity index (χ1n) is 9.83. The number of hydrogen-bond acceptors (Lipinski definition) is 4. The molecule has 0 unspecified atom stereocenters. The minimum absolute atomic E-state index is 0.0244. The van der Waals surface area contributed by atoms with Gasteiger partial charge in [-0.25, -0.2) is 8.42 Å². The second kappa shape index (κ2) is 10.8. The van der Waals surface area contributed by atoms with E-state index < -0.39 is 22.0 Å². The molecule has 1 atom stereocenters. The maximum atomic E-state index is 13.1. The van der Waals surface area contributed by atoms with Gasteiger partial charge in [-0.2, -0.15) is 4.72 Å². The third-order valence-corrected chi connectivity index (χ3v) is 6.57. The van der Waals surface area contributed by atoms with Crippen LogP contribution in [0.5, 0.6) is 5.75 Å². The zero-order chi connectivity index (χ0) is 23.1. The molecule has 0 radical (unpaired) electrons. The molecule has 0 spiro atoms. The van der Waals surface area contributed by atoms with Gasteiger partial charge in [0.05, 0.1) is 22.2 Å². The van der Waals surface area contributed by atoms with Crippen LogP contribution in [0.2, 0.25) is 10.0 Å². The zero-order valence-electron chi connectivity index (χ0n) is 17.2. The number of benzene rings is 3. The molecular weight excluding hydrogens is 471 g/mol. The van der Waals surface area contributed by atoms with Crippen molar-refractivity contribution in [2.45, 2.75) is 24.3 Å². The van der Waals surface area contributed by atoms with E-state index in [2.05, 4.69) is 10.0 Å². The highest BCUT2D eigenvalue weighted by Gasteiger charge is 2.26. The normalized spacial score (nSPS) is 12.2. The van der Waals surface area contributed by atoms with Gasteiger partial charge in [0.15, 0.2) is 0 Å². The SMILES string of the molecule is CCOc1ccc(S(=O)(=O)N[C@@H](Cc2ccccc2)C(=O)Nc2ccc(Cl)cc2Cl)cc1. The quantitative estimate of drug-likeness (QED) is 0.443. The molecule has 168 valence electrons. The molecule has 0 heterocycles. The molecule has 2 N–H and O–H groups in total. The molecule has 0 aromatic heterocycles. The Kier molecular flexibility index (Phi) is 8.15. The highest BCUT2D eigenvalue weighted by molar-refractivity contribution is 7.89. The second-order valence-electron chi connectivity index (χ2n) is 6.88. The average molecular weight is 493 g/mol. The van der Waals surface area contributed by atoms with Crippen molar-refractivity contribution >= 4 is 44.8 Å². The summed E-state index contributed by atoms with van der Waals surface area (Å²) >= 11 is 12.1. The fourth-order valence-corrected chi connectivity index (χ4v) is 4.64. The minimum Gasteiger partial charge on any atom is -0.494 e. The van der Waals surface area contributed by atoms with E-state index in [1.807, 2.05) is 37.3 Å². The standard InChI is InChI=1S/C23H22Cl2N2O4S/c1-2-31-18-9-11-19(12-10-18)32(29,30)27-22(14-16-6-4-3-5-7-16)23(28)26-21-13-8-17(24)15-20(21)25/h3-13,15,22,27H,2,14H2,1H3,(H,26,28)/t22-/m0/s1. The fraction of sp³-hybridized carbons (Fsp3) is 0.174. The predicted molar refractivity (Wildman–Crippen MR) is 127 cm³/mol. The van der Waals surface area contributed by atoms with Gasteiger partial charge in [0, 0.05) is 5.02 Å². The largest absolute Gasteiger partial charge is 0.494 e. The summed E-state index contributed by atoms with van der Waals surface area (Å²) in [4.78, 5) is 13.1. The Morgan fingerprint density at radius 2 is 1.69 bits per heavy atom. The van der Waals surface area contributed by atoms with Gasteiger partial charge in [0.1, 0.15) is 11.8 Å². The molecule has 0 aliphatic heterocycles. The zero-order valence-corrected chi connectivity index (χ0v) is 19.5. The Hall–Kier alpha value is -2.58. The number of halogens is 2. The summed E-state index contributed by atoms with van der Waals surface area (Å²) in [6.45, 7) is 2.31. The van der Waals surface area contributed by atoms with Crippen LogP contribution in [0.4, 0.5) is 5.69 Å². The van der Waals surface area contributed by atoms with Crippen molar-refractivity contribution in [1.29, 1.82) is 0 Å². The summed E-state index contributed by atoms with van der Waals surface area (Å²) in [5, 5.41) is 3.35. The van der Waals surface area contributed by atoms with Gasteiger partial charge in [0.25, 0.3) is 0 Å². The van der Waals surface area contributed by atoms with Crippen LogP contribution in [0.3, 0.4) is 0 Å². The average Bonchev–Trinajstić information content (AvgIpc) is 2.76. The van der Waals surface area contributed by atoms with Gasteiger partial charge in [-0.15, -0.1) is 0 Å². The fourth-order valence-electron chi connectivity index (χ4n) is 2.99. The Labute approximate surface area is 197 Å². The number of carbonyl (C=O) groups is 1. The van der Waals surface area contributed by atoms with Crippen molar-refractivity contribution in [3.63, 3.8) is 0 Å². The maximum Gasteiger partial charge on any atom is 0.242 e. The van der Waals surface area contributed by atoms with E-state index in [9.17, 15) is 13.2 Å². The lowest BCUT2D eigenvalue weighted by atomic mass is 10.1. The summed E-state index contributed by atoms with van der Waals surface area (Å²) < 4.78 is 33.9.